The zero-order valence-electron chi connectivity index (χ0n) is 36.1. The van der Waals surface area contributed by atoms with Gasteiger partial charge in [0, 0.05) is 13.0 Å². The summed E-state index contributed by atoms with van der Waals surface area (Å²) in [4.78, 5) is 65.7. The van der Waals surface area contributed by atoms with Crippen LogP contribution in [0.15, 0.2) is 121 Å². The molecule has 0 unspecified atom stereocenters. The monoisotopic (exact) mass is 864 g/mol. The van der Waals surface area contributed by atoms with Crippen LogP contribution in [0.4, 0.5) is 0 Å². The van der Waals surface area contributed by atoms with Crippen molar-refractivity contribution in [1.29, 1.82) is 0 Å². The first-order valence-electron chi connectivity index (χ1n) is 22.2. The van der Waals surface area contributed by atoms with E-state index >= 15 is 0 Å². The fourth-order valence-electron chi connectivity index (χ4n) is 7.28. The molecule has 4 aromatic rings. The highest BCUT2D eigenvalue weighted by molar-refractivity contribution is 5.91. The number of benzene rings is 4. The topological polar surface area (TPSA) is 150 Å². The zero-order valence-corrected chi connectivity index (χ0v) is 36.1. The molecule has 1 aliphatic rings. The Balaban J connectivity index is 1.27. The summed E-state index contributed by atoms with van der Waals surface area (Å²) < 4.78 is 41.6. The third kappa shape index (κ3) is 16.4. The van der Waals surface area contributed by atoms with Crippen molar-refractivity contribution in [3.8, 4) is 0 Å². The minimum Gasteiger partial charge on any atom is -0.469 e. The van der Waals surface area contributed by atoms with Crippen molar-refractivity contribution >= 4 is 29.8 Å². The summed E-state index contributed by atoms with van der Waals surface area (Å²) >= 11 is 0. The van der Waals surface area contributed by atoms with E-state index in [1.54, 1.807) is 121 Å². The molecule has 12 nitrogen and oxygen atoms in total. The van der Waals surface area contributed by atoms with Gasteiger partial charge in [-0.2, -0.15) is 0 Å². The van der Waals surface area contributed by atoms with Gasteiger partial charge in [-0.15, -0.1) is 0 Å². The van der Waals surface area contributed by atoms with Gasteiger partial charge in [0.2, 0.25) is 0 Å². The number of methoxy groups -OCH3 is 1. The summed E-state index contributed by atoms with van der Waals surface area (Å²) in [6, 6.07) is 33.2. The van der Waals surface area contributed by atoms with E-state index in [-0.39, 0.29) is 29.3 Å². The molecule has 0 bridgehead atoms. The minimum atomic E-state index is -1.47. The summed E-state index contributed by atoms with van der Waals surface area (Å²) in [6.07, 6.45) is 7.52. The van der Waals surface area contributed by atoms with Gasteiger partial charge in [-0.1, -0.05) is 143 Å². The molecule has 0 amide bonds. The van der Waals surface area contributed by atoms with Crippen molar-refractivity contribution in [3.05, 3.63) is 144 Å². The van der Waals surface area contributed by atoms with Gasteiger partial charge in [0.25, 0.3) is 0 Å². The first kappa shape index (κ1) is 48.2. The Morgan fingerprint density at radius 1 is 0.444 bits per heavy atom. The Kier molecular flexibility index (Phi) is 20.9. The number of unbranched alkanes of at least 4 members (excludes halogenated alkanes) is 12. The zero-order chi connectivity index (χ0) is 44.5. The Morgan fingerprint density at radius 3 is 1.24 bits per heavy atom. The van der Waals surface area contributed by atoms with Crippen LogP contribution in [0.25, 0.3) is 0 Å². The van der Waals surface area contributed by atoms with Crippen LogP contribution in [0.1, 0.15) is 131 Å². The number of carbonyl (C=O) groups excluding carboxylic acids is 5. The lowest BCUT2D eigenvalue weighted by atomic mass is 9.97. The average molecular weight is 865 g/mol. The van der Waals surface area contributed by atoms with Crippen molar-refractivity contribution in [2.75, 3.05) is 20.3 Å². The van der Waals surface area contributed by atoms with Gasteiger partial charge < -0.3 is 33.2 Å². The molecule has 0 saturated carbocycles. The summed E-state index contributed by atoms with van der Waals surface area (Å²) in [5.74, 6) is -3.06. The standard InChI is InChI=1S/C51H60O12/c1-57-43(52)35-25-11-9-7-5-3-2-4-6-8-10-12-26-36-58-51-46(63-50(56)41-33-23-16-24-34-41)45(62-49(55)40-31-21-15-22-32-40)44(61-48(54)39-29-19-14-20-30-39)42(60-51)37-59-47(53)38-27-17-13-18-28-38/h13-24,27-34,42,44-46,51H,2-12,25-26,35-37H2,1H3/t42-,44-,45+,46-,51-/m1/s1. The molecule has 0 aliphatic carbocycles. The fraction of sp³-hybridized carbons (Fsp3) is 0.431. The Hall–Kier alpha value is -5.85. The van der Waals surface area contributed by atoms with E-state index in [2.05, 4.69) is 0 Å². The molecule has 0 N–H and O–H groups in total. The molecule has 1 aliphatic heterocycles. The Bertz CT molecular complexity index is 1960. The van der Waals surface area contributed by atoms with Gasteiger partial charge in [0.1, 0.15) is 12.7 Å². The second-order valence-electron chi connectivity index (χ2n) is 15.5. The molecular formula is C51H60O12. The molecule has 0 spiro atoms. The molecule has 1 fully saturated rings. The van der Waals surface area contributed by atoms with E-state index in [1.807, 2.05) is 0 Å². The smallest absolute Gasteiger partial charge is 0.338 e. The summed E-state index contributed by atoms with van der Waals surface area (Å²) in [7, 11) is 1.43. The van der Waals surface area contributed by atoms with Gasteiger partial charge in [-0.3, -0.25) is 4.79 Å². The summed E-state index contributed by atoms with van der Waals surface area (Å²) in [5.41, 5.74) is 0.941. The second kappa shape index (κ2) is 27.3. The maximum Gasteiger partial charge on any atom is 0.338 e. The van der Waals surface area contributed by atoms with Crippen LogP contribution in [0, 0.1) is 0 Å². The number of ether oxygens (including phenoxy) is 7. The van der Waals surface area contributed by atoms with E-state index in [0.29, 0.717) is 18.4 Å². The van der Waals surface area contributed by atoms with Gasteiger partial charge in [0.15, 0.2) is 24.6 Å². The highest BCUT2D eigenvalue weighted by Gasteiger charge is 2.53. The lowest BCUT2D eigenvalue weighted by Gasteiger charge is -2.44. The molecule has 12 heteroatoms. The maximum absolute atomic E-state index is 13.8. The van der Waals surface area contributed by atoms with Gasteiger partial charge >= 0.3 is 29.8 Å². The number of hydrogen-bond acceptors (Lipinski definition) is 12. The minimum absolute atomic E-state index is 0.138. The van der Waals surface area contributed by atoms with Crippen LogP contribution in [0.3, 0.4) is 0 Å². The maximum atomic E-state index is 13.8. The molecule has 1 saturated heterocycles. The lowest BCUT2D eigenvalue weighted by molar-refractivity contribution is -0.298. The third-order valence-corrected chi connectivity index (χ3v) is 10.8. The van der Waals surface area contributed by atoms with Crippen molar-refractivity contribution in [2.45, 2.75) is 121 Å². The molecule has 5 atom stereocenters. The SMILES string of the molecule is COC(=O)CCCCCCCCCCCCCCCO[C@@H]1O[C@H](COC(=O)c2ccccc2)[C@@H](OC(=O)c2ccccc2)[C@H](OC(=O)c2ccccc2)[C@H]1OC(=O)c1ccccc1. The molecule has 0 aromatic heterocycles. The van der Waals surface area contributed by atoms with E-state index in [4.69, 9.17) is 33.2 Å². The quantitative estimate of drug-likeness (QED) is 0.0336. The summed E-state index contributed by atoms with van der Waals surface area (Å²) in [6.45, 7) is -0.204. The molecule has 336 valence electrons. The van der Waals surface area contributed by atoms with Crippen molar-refractivity contribution < 1.29 is 57.1 Å². The number of esters is 5. The van der Waals surface area contributed by atoms with E-state index < -0.39 is 61.2 Å². The number of hydrogen-bond donors (Lipinski definition) is 0. The van der Waals surface area contributed by atoms with Gasteiger partial charge in [0.05, 0.1) is 29.4 Å². The van der Waals surface area contributed by atoms with E-state index in [0.717, 1.165) is 44.9 Å². The van der Waals surface area contributed by atoms with Crippen LogP contribution < -0.4 is 0 Å². The lowest BCUT2D eigenvalue weighted by Crippen LogP contribution is -2.63. The summed E-state index contributed by atoms with van der Waals surface area (Å²) in [5, 5.41) is 0. The largest absolute Gasteiger partial charge is 0.469 e. The highest BCUT2D eigenvalue weighted by atomic mass is 16.7. The normalized spacial score (nSPS) is 18.1. The number of rotatable bonds is 26. The molecule has 4 aromatic carbocycles. The third-order valence-electron chi connectivity index (χ3n) is 10.8. The van der Waals surface area contributed by atoms with Crippen LogP contribution in [0.2, 0.25) is 0 Å². The van der Waals surface area contributed by atoms with Crippen LogP contribution in [-0.2, 0) is 38.0 Å². The highest BCUT2D eigenvalue weighted by Crippen LogP contribution is 2.32. The molecule has 63 heavy (non-hydrogen) atoms. The van der Waals surface area contributed by atoms with E-state index in [9.17, 15) is 24.0 Å². The molecule has 1 heterocycles. The first-order chi connectivity index (χ1) is 30.8. The van der Waals surface area contributed by atoms with E-state index in [1.165, 1.54) is 39.2 Å². The van der Waals surface area contributed by atoms with Crippen LogP contribution >= 0.6 is 0 Å². The fourth-order valence-corrected chi connectivity index (χ4v) is 7.28. The first-order valence-corrected chi connectivity index (χ1v) is 22.2. The number of carbonyl (C=O) groups is 5. The Morgan fingerprint density at radius 2 is 0.810 bits per heavy atom. The Labute approximate surface area is 370 Å². The molecule has 5 rings (SSSR count). The predicted molar refractivity (Wildman–Crippen MR) is 235 cm³/mol. The predicted octanol–water partition coefficient (Wildman–Crippen LogP) is 9.90. The second-order valence-corrected chi connectivity index (χ2v) is 15.5. The molecule has 0 radical (unpaired) electrons. The molecular weight excluding hydrogens is 805 g/mol. The van der Waals surface area contributed by atoms with Gasteiger partial charge in [-0.05, 0) is 61.4 Å². The van der Waals surface area contributed by atoms with Crippen LogP contribution in [-0.4, -0.2) is 80.9 Å². The van der Waals surface area contributed by atoms with Gasteiger partial charge in [-0.25, -0.2) is 19.2 Å². The van der Waals surface area contributed by atoms with Crippen molar-refractivity contribution in [2.24, 2.45) is 0 Å². The van der Waals surface area contributed by atoms with Crippen LogP contribution in [0.5, 0.6) is 0 Å². The van der Waals surface area contributed by atoms with Crippen molar-refractivity contribution in [3.63, 3.8) is 0 Å². The van der Waals surface area contributed by atoms with Crippen molar-refractivity contribution in [1.82, 2.24) is 0 Å². The average Bonchev–Trinajstić information content (AvgIpc) is 3.33.